The smallest absolute Gasteiger partial charge is 0.150 e. The average molecular weight is 367 g/mol. The largest absolute Gasteiger partial charge is 0.378 e. The Morgan fingerprint density at radius 3 is 2.67 bits per heavy atom. The van der Waals surface area contributed by atoms with Gasteiger partial charge in [-0.15, -0.1) is 0 Å². The van der Waals surface area contributed by atoms with Crippen LogP contribution in [-0.2, 0) is 4.74 Å². The minimum Gasteiger partial charge on any atom is -0.378 e. The third-order valence-corrected chi connectivity index (χ3v) is 5.16. The number of hydrogen-bond acceptors (Lipinski definition) is 7. The number of hydrogen-bond donors (Lipinski definition) is 1. The summed E-state index contributed by atoms with van der Waals surface area (Å²) < 4.78 is 5.42. The van der Waals surface area contributed by atoms with Crippen molar-refractivity contribution in [3.63, 3.8) is 0 Å². The monoisotopic (exact) mass is 367 g/mol. The van der Waals surface area contributed by atoms with E-state index in [0.29, 0.717) is 11.6 Å². The Hall–Kier alpha value is -2.67. The fraction of sp³-hybridized carbons (Fsp3) is 0.450. The van der Waals surface area contributed by atoms with Gasteiger partial charge in [-0.05, 0) is 37.1 Å². The first-order valence-corrected chi connectivity index (χ1v) is 9.53. The molecule has 1 N–H and O–H groups in total. The van der Waals surface area contributed by atoms with Crippen LogP contribution in [0.4, 0.5) is 17.3 Å². The van der Waals surface area contributed by atoms with Crippen molar-refractivity contribution in [2.75, 3.05) is 54.5 Å². The van der Waals surface area contributed by atoms with Gasteiger partial charge >= 0.3 is 0 Å². The second kappa shape index (κ2) is 8.35. The molecular weight excluding hydrogens is 342 g/mol. The molecule has 0 unspecified atom stereocenters. The molecule has 0 spiro atoms. The van der Waals surface area contributed by atoms with Crippen LogP contribution in [0.1, 0.15) is 23.2 Å². The van der Waals surface area contributed by atoms with Gasteiger partial charge in [0, 0.05) is 49.5 Å². The van der Waals surface area contributed by atoms with E-state index in [1.165, 1.54) is 0 Å². The van der Waals surface area contributed by atoms with E-state index in [9.17, 15) is 4.79 Å². The highest BCUT2D eigenvalue weighted by molar-refractivity contribution is 5.75. The van der Waals surface area contributed by atoms with Crippen molar-refractivity contribution in [1.82, 2.24) is 9.97 Å². The van der Waals surface area contributed by atoms with Gasteiger partial charge in [0.25, 0.3) is 0 Å². The molecule has 142 valence electrons. The van der Waals surface area contributed by atoms with Crippen LogP contribution in [0, 0.1) is 0 Å². The number of morpholine rings is 1. The number of rotatable bonds is 5. The summed E-state index contributed by atoms with van der Waals surface area (Å²) in [5, 5.41) is 3.58. The van der Waals surface area contributed by atoms with Gasteiger partial charge in [0.1, 0.15) is 24.2 Å². The van der Waals surface area contributed by atoms with E-state index in [-0.39, 0.29) is 0 Å². The Morgan fingerprint density at radius 1 is 1.07 bits per heavy atom. The Labute approximate surface area is 159 Å². The van der Waals surface area contributed by atoms with Crippen molar-refractivity contribution in [1.29, 1.82) is 0 Å². The molecule has 2 aliphatic rings. The fourth-order valence-electron chi connectivity index (χ4n) is 3.69. The van der Waals surface area contributed by atoms with Crippen LogP contribution < -0.4 is 15.1 Å². The van der Waals surface area contributed by atoms with Gasteiger partial charge in [-0.3, -0.25) is 4.79 Å². The van der Waals surface area contributed by atoms with Crippen LogP contribution in [0.5, 0.6) is 0 Å². The van der Waals surface area contributed by atoms with Crippen LogP contribution in [-0.4, -0.2) is 61.7 Å². The van der Waals surface area contributed by atoms with Crippen molar-refractivity contribution in [3.05, 3.63) is 42.2 Å². The standard InChI is InChI=1S/C20H25N5O2/c26-14-16-3-5-18(6-4-16)25-7-1-2-17(13-25)23-19-12-20(22-15-21-19)24-8-10-27-11-9-24/h3-6,12,14-15,17H,1-2,7-11,13H2,(H,21,22,23)/t17-/m1/s1. The summed E-state index contributed by atoms with van der Waals surface area (Å²) in [4.78, 5) is 24.3. The summed E-state index contributed by atoms with van der Waals surface area (Å²) in [5.41, 5.74) is 1.87. The van der Waals surface area contributed by atoms with Gasteiger partial charge in [0.2, 0.25) is 0 Å². The van der Waals surface area contributed by atoms with Crippen LogP contribution in [0.15, 0.2) is 36.7 Å². The van der Waals surface area contributed by atoms with Crippen LogP contribution >= 0.6 is 0 Å². The Morgan fingerprint density at radius 2 is 1.89 bits per heavy atom. The number of carbonyl (C=O) groups is 1. The highest BCUT2D eigenvalue weighted by Gasteiger charge is 2.21. The molecule has 2 saturated heterocycles. The van der Waals surface area contributed by atoms with Crippen LogP contribution in [0.2, 0.25) is 0 Å². The predicted molar refractivity (Wildman–Crippen MR) is 106 cm³/mol. The maximum atomic E-state index is 10.8. The van der Waals surface area contributed by atoms with Crippen molar-refractivity contribution < 1.29 is 9.53 Å². The lowest BCUT2D eigenvalue weighted by atomic mass is 10.0. The molecule has 27 heavy (non-hydrogen) atoms. The number of carbonyl (C=O) groups excluding carboxylic acids is 1. The number of aldehydes is 1. The molecule has 7 heteroatoms. The van der Waals surface area contributed by atoms with Crippen molar-refractivity contribution in [3.8, 4) is 0 Å². The molecule has 2 fully saturated rings. The molecule has 0 bridgehead atoms. The number of nitrogens with one attached hydrogen (secondary N) is 1. The second-order valence-corrected chi connectivity index (χ2v) is 7.00. The van der Waals surface area contributed by atoms with Gasteiger partial charge in [-0.2, -0.15) is 0 Å². The first-order valence-electron chi connectivity index (χ1n) is 9.53. The third kappa shape index (κ3) is 4.36. The fourth-order valence-corrected chi connectivity index (χ4v) is 3.69. The summed E-state index contributed by atoms with van der Waals surface area (Å²) in [6.45, 7) is 5.16. The number of aromatic nitrogens is 2. The molecule has 1 aromatic heterocycles. The highest BCUT2D eigenvalue weighted by atomic mass is 16.5. The highest BCUT2D eigenvalue weighted by Crippen LogP contribution is 2.23. The lowest BCUT2D eigenvalue weighted by Gasteiger charge is -2.35. The zero-order chi connectivity index (χ0) is 18.5. The molecular formula is C20H25N5O2. The van der Waals surface area contributed by atoms with Crippen LogP contribution in [0.25, 0.3) is 0 Å². The molecule has 1 atom stereocenters. The minimum absolute atomic E-state index is 0.330. The van der Waals surface area contributed by atoms with E-state index in [1.807, 2.05) is 30.3 Å². The molecule has 3 heterocycles. The first-order chi connectivity index (χ1) is 13.3. The predicted octanol–water partition coefficient (Wildman–Crippen LogP) is 2.21. The first kappa shape index (κ1) is 17.7. The summed E-state index contributed by atoms with van der Waals surface area (Å²) in [6.07, 6.45) is 4.74. The maximum absolute atomic E-state index is 10.8. The molecule has 2 aromatic rings. The molecule has 7 nitrogen and oxygen atoms in total. The molecule has 4 rings (SSSR count). The number of nitrogens with zero attached hydrogens (tertiary/aromatic N) is 4. The Balaban J connectivity index is 1.40. The average Bonchev–Trinajstić information content (AvgIpc) is 2.75. The van der Waals surface area contributed by atoms with E-state index in [2.05, 4.69) is 25.1 Å². The van der Waals surface area contributed by atoms with Gasteiger partial charge in [-0.25, -0.2) is 9.97 Å². The Bertz CT molecular complexity index is 761. The zero-order valence-electron chi connectivity index (χ0n) is 15.4. The van der Waals surface area contributed by atoms with E-state index < -0.39 is 0 Å². The third-order valence-electron chi connectivity index (χ3n) is 5.16. The van der Waals surface area contributed by atoms with Crippen LogP contribution in [0.3, 0.4) is 0 Å². The lowest BCUT2D eigenvalue weighted by molar-refractivity contribution is 0.112. The molecule has 0 aliphatic carbocycles. The van der Waals surface area contributed by atoms with Crippen molar-refractivity contribution in [2.24, 2.45) is 0 Å². The minimum atomic E-state index is 0.330. The van der Waals surface area contributed by atoms with E-state index in [0.717, 1.165) is 75.8 Å². The van der Waals surface area contributed by atoms with E-state index in [4.69, 9.17) is 4.74 Å². The molecule has 1 aromatic carbocycles. The van der Waals surface area contributed by atoms with Crippen molar-refractivity contribution >= 4 is 23.6 Å². The zero-order valence-corrected chi connectivity index (χ0v) is 15.4. The molecule has 0 amide bonds. The second-order valence-electron chi connectivity index (χ2n) is 7.00. The number of benzene rings is 1. The van der Waals surface area contributed by atoms with Gasteiger partial charge in [-0.1, -0.05) is 0 Å². The van der Waals surface area contributed by atoms with Gasteiger partial charge < -0.3 is 19.9 Å². The van der Waals surface area contributed by atoms with Gasteiger partial charge in [0.15, 0.2) is 0 Å². The summed E-state index contributed by atoms with van der Waals surface area (Å²) >= 11 is 0. The lowest BCUT2D eigenvalue weighted by Crippen LogP contribution is -2.42. The summed E-state index contributed by atoms with van der Waals surface area (Å²) in [5.74, 6) is 1.82. The molecule has 0 saturated carbocycles. The Kier molecular flexibility index (Phi) is 5.48. The number of piperidine rings is 1. The van der Waals surface area contributed by atoms with Gasteiger partial charge in [0.05, 0.1) is 13.2 Å². The normalized spacial score (nSPS) is 20.4. The SMILES string of the molecule is O=Cc1ccc(N2CCC[C@@H](Nc3cc(N4CCOCC4)ncn3)C2)cc1. The summed E-state index contributed by atoms with van der Waals surface area (Å²) in [7, 11) is 0. The number of anilines is 3. The van der Waals surface area contributed by atoms with E-state index >= 15 is 0 Å². The number of ether oxygens (including phenoxy) is 1. The summed E-state index contributed by atoms with van der Waals surface area (Å²) in [6, 6.07) is 10.2. The molecule has 2 aliphatic heterocycles. The topological polar surface area (TPSA) is 70.6 Å². The maximum Gasteiger partial charge on any atom is 0.150 e. The van der Waals surface area contributed by atoms with E-state index in [1.54, 1.807) is 6.33 Å². The quantitative estimate of drug-likeness (QED) is 0.813. The molecule has 0 radical (unpaired) electrons. The van der Waals surface area contributed by atoms with Crippen molar-refractivity contribution in [2.45, 2.75) is 18.9 Å².